The Kier molecular flexibility index (Phi) is 4.71. The fourth-order valence-electron chi connectivity index (χ4n) is 3.35. The van der Waals surface area contributed by atoms with E-state index in [0.29, 0.717) is 12.0 Å². The van der Waals surface area contributed by atoms with Crippen LogP contribution in [0, 0.1) is 11.7 Å². The van der Waals surface area contributed by atoms with Gasteiger partial charge in [-0.05, 0) is 54.8 Å². The van der Waals surface area contributed by atoms with Crippen molar-refractivity contribution >= 4 is 11.3 Å². The molecule has 0 spiro atoms. The predicted octanol–water partition coefficient (Wildman–Crippen LogP) is 5.47. The number of nitrogens with one attached hydrogen (secondary N) is 1. The van der Waals surface area contributed by atoms with Crippen molar-refractivity contribution in [1.82, 2.24) is 5.32 Å². The van der Waals surface area contributed by atoms with E-state index in [4.69, 9.17) is 0 Å². The summed E-state index contributed by atoms with van der Waals surface area (Å²) in [5.74, 6) is 0.550. The summed E-state index contributed by atoms with van der Waals surface area (Å²) < 4.78 is 13.4. The standard InChI is InChI=1S/C18H22FNS/c1-13(15-8-4-9-16(19)12-15)20-18(14-6-2-3-7-14)17-10-5-11-21-17/h4-5,8-14,18,20H,2-3,6-7H2,1H3. The highest BCUT2D eigenvalue weighted by Gasteiger charge is 2.28. The van der Waals surface area contributed by atoms with Crippen molar-refractivity contribution in [2.75, 3.05) is 0 Å². The van der Waals surface area contributed by atoms with Gasteiger partial charge >= 0.3 is 0 Å². The van der Waals surface area contributed by atoms with Crippen molar-refractivity contribution in [3.63, 3.8) is 0 Å². The molecule has 2 unspecified atom stereocenters. The normalized spacial score (nSPS) is 18.8. The van der Waals surface area contributed by atoms with Gasteiger partial charge in [-0.3, -0.25) is 0 Å². The molecule has 0 aliphatic heterocycles. The molecule has 1 aromatic carbocycles. The van der Waals surface area contributed by atoms with Crippen LogP contribution in [-0.2, 0) is 0 Å². The first kappa shape index (κ1) is 14.7. The lowest BCUT2D eigenvalue weighted by Gasteiger charge is -2.28. The van der Waals surface area contributed by atoms with Crippen molar-refractivity contribution in [3.05, 3.63) is 58.0 Å². The smallest absolute Gasteiger partial charge is 0.123 e. The first-order valence-electron chi connectivity index (χ1n) is 7.79. The quantitative estimate of drug-likeness (QED) is 0.772. The third-order valence-electron chi connectivity index (χ3n) is 4.50. The fourth-order valence-corrected chi connectivity index (χ4v) is 4.23. The topological polar surface area (TPSA) is 12.0 Å². The van der Waals surface area contributed by atoms with Crippen molar-refractivity contribution < 1.29 is 4.39 Å². The minimum Gasteiger partial charge on any atom is -0.302 e. The number of halogens is 1. The van der Waals surface area contributed by atoms with E-state index >= 15 is 0 Å². The van der Waals surface area contributed by atoms with Gasteiger partial charge in [-0.1, -0.05) is 31.0 Å². The van der Waals surface area contributed by atoms with Gasteiger partial charge in [0.1, 0.15) is 5.82 Å². The van der Waals surface area contributed by atoms with Crippen LogP contribution in [0.5, 0.6) is 0 Å². The largest absolute Gasteiger partial charge is 0.302 e. The van der Waals surface area contributed by atoms with Crippen LogP contribution in [0.1, 0.15) is 55.1 Å². The molecule has 2 atom stereocenters. The summed E-state index contributed by atoms with van der Waals surface area (Å²) in [6.07, 6.45) is 5.27. The molecular weight excluding hydrogens is 281 g/mol. The molecule has 1 aliphatic rings. The van der Waals surface area contributed by atoms with E-state index in [0.717, 1.165) is 5.56 Å². The Morgan fingerprint density at radius 2 is 2.00 bits per heavy atom. The van der Waals surface area contributed by atoms with Gasteiger partial charge in [0.2, 0.25) is 0 Å². The van der Waals surface area contributed by atoms with Crippen LogP contribution in [0.15, 0.2) is 41.8 Å². The maximum Gasteiger partial charge on any atom is 0.123 e. The third kappa shape index (κ3) is 3.53. The molecule has 1 aliphatic carbocycles. The van der Waals surface area contributed by atoms with Gasteiger partial charge < -0.3 is 5.32 Å². The minimum absolute atomic E-state index is 0.158. The molecule has 21 heavy (non-hydrogen) atoms. The second kappa shape index (κ2) is 6.71. The third-order valence-corrected chi connectivity index (χ3v) is 5.45. The van der Waals surface area contributed by atoms with Gasteiger partial charge in [0.05, 0.1) is 0 Å². The number of hydrogen-bond donors (Lipinski definition) is 1. The molecule has 3 heteroatoms. The number of rotatable bonds is 5. The molecule has 1 aromatic heterocycles. The van der Waals surface area contributed by atoms with Gasteiger partial charge in [0.15, 0.2) is 0 Å². The molecular formula is C18H22FNS. The highest BCUT2D eigenvalue weighted by Crippen LogP contribution is 2.38. The second-order valence-electron chi connectivity index (χ2n) is 5.98. The summed E-state index contributed by atoms with van der Waals surface area (Å²) in [4.78, 5) is 1.41. The SMILES string of the molecule is CC(NC(c1cccs1)C1CCCC1)c1cccc(F)c1. The Labute approximate surface area is 130 Å². The Balaban J connectivity index is 1.77. The lowest BCUT2D eigenvalue weighted by molar-refractivity contribution is 0.342. The molecule has 1 heterocycles. The van der Waals surface area contributed by atoms with Crippen LogP contribution in [0.4, 0.5) is 4.39 Å². The van der Waals surface area contributed by atoms with Gasteiger partial charge in [-0.2, -0.15) is 0 Å². The molecule has 0 bridgehead atoms. The molecule has 0 amide bonds. The second-order valence-corrected chi connectivity index (χ2v) is 6.96. The summed E-state index contributed by atoms with van der Waals surface area (Å²) in [5.41, 5.74) is 1.02. The van der Waals surface area contributed by atoms with Gasteiger partial charge in [-0.15, -0.1) is 11.3 Å². The molecule has 1 N–H and O–H groups in total. The lowest BCUT2D eigenvalue weighted by Crippen LogP contribution is -2.29. The average molecular weight is 303 g/mol. The van der Waals surface area contributed by atoms with E-state index in [2.05, 4.69) is 29.8 Å². The highest BCUT2D eigenvalue weighted by molar-refractivity contribution is 7.10. The van der Waals surface area contributed by atoms with Crippen molar-refractivity contribution in [2.45, 2.75) is 44.7 Å². The van der Waals surface area contributed by atoms with Gasteiger partial charge in [0.25, 0.3) is 0 Å². The molecule has 2 aromatic rings. The summed E-state index contributed by atoms with van der Waals surface area (Å²) in [6, 6.07) is 11.8. The highest BCUT2D eigenvalue weighted by atomic mass is 32.1. The minimum atomic E-state index is -0.158. The van der Waals surface area contributed by atoms with Crippen LogP contribution in [0.25, 0.3) is 0 Å². The summed E-state index contributed by atoms with van der Waals surface area (Å²) in [5, 5.41) is 5.89. The number of hydrogen-bond acceptors (Lipinski definition) is 2. The maximum absolute atomic E-state index is 13.4. The van der Waals surface area contributed by atoms with Crippen LogP contribution in [0.2, 0.25) is 0 Å². The number of benzene rings is 1. The first-order valence-corrected chi connectivity index (χ1v) is 8.67. The number of thiophene rings is 1. The first-order chi connectivity index (χ1) is 10.2. The lowest BCUT2D eigenvalue weighted by atomic mass is 9.95. The molecule has 112 valence electrons. The predicted molar refractivity (Wildman–Crippen MR) is 87.0 cm³/mol. The Hall–Kier alpha value is -1.19. The van der Waals surface area contributed by atoms with Gasteiger partial charge in [-0.25, -0.2) is 4.39 Å². The van der Waals surface area contributed by atoms with Gasteiger partial charge in [0, 0.05) is 17.0 Å². The molecule has 1 saturated carbocycles. The van der Waals surface area contributed by atoms with Crippen LogP contribution >= 0.6 is 11.3 Å². The summed E-state index contributed by atoms with van der Waals surface area (Å²) >= 11 is 1.82. The van der Waals surface area contributed by atoms with Crippen molar-refractivity contribution in [1.29, 1.82) is 0 Å². The summed E-state index contributed by atoms with van der Waals surface area (Å²) in [7, 11) is 0. The summed E-state index contributed by atoms with van der Waals surface area (Å²) in [6.45, 7) is 2.13. The van der Waals surface area contributed by atoms with E-state index in [1.807, 2.05) is 17.4 Å². The molecule has 3 rings (SSSR count). The zero-order valence-corrected chi connectivity index (χ0v) is 13.2. The van der Waals surface area contributed by atoms with Crippen LogP contribution < -0.4 is 5.32 Å². The zero-order chi connectivity index (χ0) is 14.7. The fraction of sp³-hybridized carbons (Fsp3) is 0.444. The maximum atomic E-state index is 13.4. The molecule has 1 nitrogen and oxygen atoms in total. The molecule has 0 radical (unpaired) electrons. The zero-order valence-electron chi connectivity index (χ0n) is 12.4. The van der Waals surface area contributed by atoms with Crippen LogP contribution in [0.3, 0.4) is 0 Å². The van der Waals surface area contributed by atoms with E-state index in [1.165, 1.54) is 36.6 Å². The van der Waals surface area contributed by atoms with Crippen molar-refractivity contribution in [2.24, 2.45) is 5.92 Å². The average Bonchev–Trinajstić information content (AvgIpc) is 3.18. The van der Waals surface area contributed by atoms with E-state index < -0.39 is 0 Å². The van der Waals surface area contributed by atoms with Crippen molar-refractivity contribution in [3.8, 4) is 0 Å². The van der Waals surface area contributed by atoms with E-state index in [1.54, 1.807) is 12.1 Å². The van der Waals surface area contributed by atoms with E-state index in [9.17, 15) is 4.39 Å². The Morgan fingerprint density at radius 3 is 2.67 bits per heavy atom. The van der Waals surface area contributed by atoms with Crippen LogP contribution in [-0.4, -0.2) is 0 Å². The Morgan fingerprint density at radius 1 is 1.19 bits per heavy atom. The monoisotopic (exact) mass is 303 g/mol. The molecule has 0 saturated heterocycles. The molecule has 1 fully saturated rings. The van der Waals surface area contributed by atoms with E-state index in [-0.39, 0.29) is 11.9 Å². The Bertz CT molecular complexity index is 560.